The number of hydrogen-bond donors (Lipinski definition) is 0. The van der Waals surface area contributed by atoms with Crippen LogP contribution in [0.15, 0.2) is 11.6 Å². The number of carbonyl (C=O) groups excluding carboxylic acids is 1. The zero-order valence-corrected chi connectivity index (χ0v) is 10.3. The largest absolute Gasteiger partial charge is 0.466 e. The summed E-state index contributed by atoms with van der Waals surface area (Å²) in [6.07, 6.45) is 3.88. The van der Waals surface area contributed by atoms with Crippen LogP contribution in [-0.4, -0.2) is 24.1 Å². The highest BCUT2D eigenvalue weighted by Crippen LogP contribution is 2.15. The van der Waals surface area contributed by atoms with Crippen LogP contribution in [0, 0.1) is 0 Å². The molecule has 0 bridgehead atoms. The van der Waals surface area contributed by atoms with Crippen LogP contribution in [0.3, 0.4) is 0 Å². The molecule has 1 unspecified atom stereocenters. The summed E-state index contributed by atoms with van der Waals surface area (Å²) in [4.78, 5) is 11.2. The second kappa shape index (κ2) is 7.92. The van der Waals surface area contributed by atoms with E-state index in [9.17, 15) is 4.79 Å². The van der Waals surface area contributed by atoms with E-state index in [0.717, 1.165) is 24.2 Å². The highest BCUT2D eigenvalue weighted by Gasteiger charge is 2.06. The van der Waals surface area contributed by atoms with Crippen molar-refractivity contribution in [1.29, 1.82) is 0 Å². The molecule has 0 fully saturated rings. The molecular weight excluding hydrogens is 196 g/mol. The van der Waals surface area contributed by atoms with Crippen LogP contribution < -0.4 is 0 Å². The van der Waals surface area contributed by atoms with Crippen molar-refractivity contribution in [2.24, 2.45) is 0 Å². The maximum Gasteiger partial charge on any atom is 0.333 e. The first-order chi connectivity index (χ1) is 6.65. The highest BCUT2D eigenvalue weighted by atomic mass is 32.2. The van der Waals surface area contributed by atoms with E-state index in [2.05, 4.69) is 18.6 Å². The van der Waals surface area contributed by atoms with Gasteiger partial charge in [-0.25, -0.2) is 4.79 Å². The monoisotopic (exact) mass is 216 g/mol. The molecule has 0 aromatic carbocycles. The Morgan fingerprint density at radius 2 is 2.14 bits per heavy atom. The molecule has 0 heterocycles. The van der Waals surface area contributed by atoms with Crippen molar-refractivity contribution >= 4 is 17.7 Å². The normalized spacial score (nSPS) is 13.9. The van der Waals surface area contributed by atoms with Crippen molar-refractivity contribution in [3.05, 3.63) is 11.6 Å². The number of rotatable bonds is 6. The molecule has 0 rings (SSSR count). The van der Waals surface area contributed by atoms with Gasteiger partial charge >= 0.3 is 5.97 Å². The third kappa shape index (κ3) is 5.32. The summed E-state index contributed by atoms with van der Waals surface area (Å²) in [5, 5.41) is 0.655. The molecule has 0 saturated carbocycles. The Hall–Kier alpha value is -0.440. The molecule has 0 spiro atoms. The summed E-state index contributed by atoms with van der Waals surface area (Å²) in [6, 6.07) is 0. The van der Waals surface area contributed by atoms with E-state index in [1.54, 1.807) is 0 Å². The molecule has 82 valence electrons. The predicted molar refractivity (Wildman–Crippen MR) is 62.6 cm³/mol. The van der Waals surface area contributed by atoms with Crippen LogP contribution in [0.4, 0.5) is 0 Å². The van der Waals surface area contributed by atoms with E-state index in [4.69, 9.17) is 0 Å². The second-order valence-electron chi connectivity index (χ2n) is 3.13. The van der Waals surface area contributed by atoms with Crippen molar-refractivity contribution < 1.29 is 9.53 Å². The fourth-order valence-electron chi connectivity index (χ4n) is 0.934. The van der Waals surface area contributed by atoms with Gasteiger partial charge in [-0.15, -0.1) is 0 Å². The molecule has 0 aromatic heterocycles. The Bertz CT molecular complexity index is 199. The predicted octanol–water partition coefficient (Wildman–Crippen LogP) is 3.03. The standard InChI is InChI=1S/C11H20O2S/c1-5-9(3)14-8-7-10(6-2)11(12)13-4/h7,9H,5-6,8H2,1-4H3. The molecule has 14 heavy (non-hydrogen) atoms. The maximum atomic E-state index is 11.2. The van der Waals surface area contributed by atoms with Crippen LogP contribution in [0.25, 0.3) is 0 Å². The summed E-state index contributed by atoms with van der Waals surface area (Å²) in [6.45, 7) is 6.33. The molecule has 0 aliphatic heterocycles. The summed E-state index contributed by atoms with van der Waals surface area (Å²) in [7, 11) is 1.42. The quantitative estimate of drug-likeness (QED) is 0.504. The smallest absolute Gasteiger partial charge is 0.333 e. The van der Waals surface area contributed by atoms with Crippen LogP contribution in [0.2, 0.25) is 0 Å². The topological polar surface area (TPSA) is 26.3 Å². The lowest BCUT2D eigenvalue weighted by atomic mass is 10.2. The summed E-state index contributed by atoms with van der Waals surface area (Å²) in [5.41, 5.74) is 0.781. The number of hydrogen-bond acceptors (Lipinski definition) is 3. The maximum absolute atomic E-state index is 11.2. The van der Waals surface area contributed by atoms with Gasteiger partial charge in [-0.1, -0.05) is 26.8 Å². The second-order valence-corrected chi connectivity index (χ2v) is 4.60. The van der Waals surface area contributed by atoms with Crippen molar-refractivity contribution in [2.45, 2.75) is 38.9 Å². The van der Waals surface area contributed by atoms with E-state index < -0.39 is 0 Å². The Labute approximate surface area is 91.1 Å². The molecule has 0 radical (unpaired) electrons. The summed E-state index contributed by atoms with van der Waals surface area (Å²) >= 11 is 1.86. The molecule has 0 N–H and O–H groups in total. The van der Waals surface area contributed by atoms with E-state index in [1.165, 1.54) is 7.11 Å². The van der Waals surface area contributed by atoms with Gasteiger partial charge in [-0.2, -0.15) is 11.8 Å². The Morgan fingerprint density at radius 1 is 1.50 bits per heavy atom. The van der Waals surface area contributed by atoms with Crippen LogP contribution in [0.1, 0.15) is 33.6 Å². The van der Waals surface area contributed by atoms with Gasteiger partial charge in [0, 0.05) is 16.6 Å². The average Bonchev–Trinajstić information content (AvgIpc) is 2.22. The van der Waals surface area contributed by atoms with Crippen LogP contribution in [-0.2, 0) is 9.53 Å². The molecule has 0 saturated heterocycles. The first-order valence-electron chi connectivity index (χ1n) is 5.04. The van der Waals surface area contributed by atoms with E-state index in [1.807, 2.05) is 24.8 Å². The summed E-state index contributed by atoms with van der Waals surface area (Å²) < 4.78 is 4.67. The molecule has 0 aliphatic carbocycles. The number of ether oxygens (including phenoxy) is 1. The highest BCUT2D eigenvalue weighted by molar-refractivity contribution is 8.00. The average molecular weight is 216 g/mol. The molecule has 3 heteroatoms. The SMILES string of the molecule is CCC(=CCSC(C)CC)C(=O)OC. The first kappa shape index (κ1) is 13.6. The van der Waals surface area contributed by atoms with Crippen LogP contribution >= 0.6 is 11.8 Å². The minimum absolute atomic E-state index is 0.197. The lowest BCUT2D eigenvalue weighted by molar-refractivity contribution is -0.136. The van der Waals surface area contributed by atoms with Gasteiger partial charge in [0.25, 0.3) is 0 Å². The minimum Gasteiger partial charge on any atom is -0.466 e. The van der Waals surface area contributed by atoms with Gasteiger partial charge in [-0.05, 0) is 12.8 Å². The molecule has 1 atom stereocenters. The van der Waals surface area contributed by atoms with E-state index >= 15 is 0 Å². The van der Waals surface area contributed by atoms with Crippen molar-refractivity contribution in [3.63, 3.8) is 0 Å². The number of esters is 1. The number of carbonyl (C=O) groups is 1. The van der Waals surface area contributed by atoms with E-state index in [0.29, 0.717) is 5.25 Å². The summed E-state index contributed by atoms with van der Waals surface area (Å²) in [5.74, 6) is 0.699. The first-order valence-corrected chi connectivity index (χ1v) is 6.09. The molecule has 0 aromatic rings. The van der Waals surface area contributed by atoms with Gasteiger partial charge in [0.2, 0.25) is 0 Å². The third-order valence-electron chi connectivity index (χ3n) is 2.11. The zero-order valence-electron chi connectivity index (χ0n) is 9.50. The van der Waals surface area contributed by atoms with Crippen molar-refractivity contribution in [3.8, 4) is 0 Å². The zero-order chi connectivity index (χ0) is 11.0. The Kier molecular flexibility index (Phi) is 7.67. The van der Waals surface area contributed by atoms with Crippen LogP contribution in [0.5, 0.6) is 0 Å². The number of thioether (sulfide) groups is 1. The molecule has 0 aliphatic rings. The minimum atomic E-state index is -0.197. The van der Waals surface area contributed by atoms with Crippen molar-refractivity contribution in [1.82, 2.24) is 0 Å². The lowest BCUT2D eigenvalue weighted by Gasteiger charge is -2.06. The molecular formula is C11H20O2S. The fourth-order valence-corrected chi connectivity index (χ4v) is 1.80. The van der Waals surface area contributed by atoms with Gasteiger partial charge in [0.05, 0.1) is 7.11 Å². The van der Waals surface area contributed by atoms with Gasteiger partial charge in [-0.3, -0.25) is 0 Å². The van der Waals surface area contributed by atoms with Gasteiger partial charge < -0.3 is 4.74 Å². The molecule has 2 nitrogen and oxygen atoms in total. The lowest BCUT2D eigenvalue weighted by Crippen LogP contribution is -2.04. The van der Waals surface area contributed by atoms with Gasteiger partial charge in [0.15, 0.2) is 0 Å². The number of methoxy groups -OCH3 is 1. The Morgan fingerprint density at radius 3 is 2.57 bits per heavy atom. The van der Waals surface area contributed by atoms with Gasteiger partial charge in [0.1, 0.15) is 0 Å². The fraction of sp³-hybridized carbons (Fsp3) is 0.727. The molecule has 0 amide bonds. The van der Waals surface area contributed by atoms with Crippen molar-refractivity contribution in [2.75, 3.05) is 12.9 Å². The third-order valence-corrected chi connectivity index (χ3v) is 3.38. The Balaban J connectivity index is 3.99. The van der Waals surface area contributed by atoms with E-state index in [-0.39, 0.29) is 5.97 Å².